The number of unbranched alkanes of at least 4 members (excludes halogenated alkanes) is 13. The molecule has 0 bridgehead atoms. The Hall–Kier alpha value is -2.23. The molecule has 0 rings (SSSR count). The van der Waals surface area contributed by atoms with Crippen LogP contribution in [0.2, 0.25) is 0 Å². The molecule has 0 aliphatic carbocycles. The van der Waals surface area contributed by atoms with Crippen LogP contribution in [0.4, 0.5) is 0 Å². The molecule has 2 atom stereocenters. The summed E-state index contributed by atoms with van der Waals surface area (Å²) in [5.74, 6) is -2.04. The molecule has 0 radical (unpaired) electrons. The van der Waals surface area contributed by atoms with Gasteiger partial charge in [-0.05, 0) is 38.5 Å². The van der Waals surface area contributed by atoms with Crippen molar-refractivity contribution in [3.63, 3.8) is 0 Å². The van der Waals surface area contributed by atoms with Gasteiger partial charge in [-0.15, -0.1) is 0 Å². The van der Waals surface area contributed by atoms with Crippen LogP contribution < -0.4 is 0 Å². The van der Waals surface area contributed by atoms with Gasteiger partial charge < -0.3 is 28.5 Å². The molecule has 0 aliphatic heterocycles. The number of likely N-dealkylation sites (N-methyl/N-ethyl adjacent to an activating group) is 1. The van der Waals surface area contributed by atoms with Crippen molar-refractivity contribution >= 4 is 17.9 Å². The van der Waals surface area contributed by atoms with E-state index in [0.29, 0.717) is 23.9 Å². The van der Waals surface area contributed by atoms with Crippen LogP contribution >= 0.6 is 0 Å². The Morgan fingerprint density at radius 2 is 1.20 bits per heavy atom. The van der Waals surface area contributed by atoms with Gasteiger partial charge >= 0.3 is 17.9 Å². The molecule has 0 aliphatic rings. The number of hydrogen-bond donors (Lipinski definition) is 1. The number of nitrogens with zero attached hydrogens (tertiary/aromatic N) is 1. The molecule has 9 heteroatoms. The second kappa shape index (κ2) is 30.1. The third kappa shape index (κ3) is 30.4. The molecule has 0 saturated carbocycles. The normalized spacial score (nSPS) is 13.3. The molecule has 1 N–H and O–H groups in total. The second-order valence-electron chi connectivity index (χ2n) is 13.2. The minimum absolute atomic E-state index is 0.186. The Morgan fingerprint density at radius 1 is 0.652 bits per heavy atom. The monoisotopic (exact) mass is 654 g/mol. The minimum atomic E-state index is -1.51. The van der Waals surface area contributed by atoms with Gasteiger partial charge in [0, 0.05) is 12.8 Å². The maximum Gasteiger partial charge on any atom is 0.361 e. The molecule has 0 aromatic heterocycles. The summed E-state index contributed by atoms with van der Waals surface area (Å²) in [7, 11) is 5.93. The van der Waals surface area contributed by atoms with Gasteiger partial charge in [0.1, 0.15) is 13.2 Å². The van der Waals surface area contributed by atoms with Crippen molar-refractivity contribution in [3.05, 3.63) is 24.3 Å². The largest absolute Gasteiger partial charge is 0.477 e. The molecule has 0 spiro atoms. The summed E-state index contributed by atoms with van der Waals surface area (Å²) in [6.07, 6.45) is 25.4. The van der Waals surface area contributed by atoms with E-state index in [1.807, 2.05) is 21.1 Å². The summed E-state index contributed by atoms with van der Waals surface area (Å²) in [5.41, 5.74) is 0. The summed E-state index contributed by atoms with van der Waals surface area (Å²) in [6.45, 7) is 4.73. The molecule has 9 nitrogen and oxygen atoms in total. The smallest absolute Gasteiger partial charge is 0.361 e. The summed E-state index contributed by atoms with van der Waals surface area (Å²) >= 11 is 0. The molecule has 0 saturated heterocycles. The van der Waals surface area contributed by atoms with E-state index < -0.39 is 24.3 Å². The van der Waals surface area contributed by atoms with E-state index in [9.17, 15) is 19.5 Å². The molecule has 0 fully saturated rings. The Bertz CT molecular complexity index is 821. The van der Waals surface area contributed by atoms with Gasteiger partial charge in [-0.1, -0.05) is 109 Å². The molecule has 0 aromatic carbocycles. The predicted molar refractivity (Wildman–Crippen MR) is 184 cm³/mol. The lowest BCUT2D eigenvalue weighted by molar-refractivity contribution is -0.870. The molecule has 0 amide bonds. The first kappa shape index (κ1) is 43.8. The third-order valence-corrected chi connectivity index (χ3v) is 7.46. The molecule has 2 unspecified atom stereocenters. The van der Waals surface area contributed by atoms with E-state index in [1.165, 1.54) is 38.5 Å². The van der Waals surface area contributed by atoms with Crippen LogP contribution in [0.5, 0.6) is 0 Å². The molecule has 46 heavy (non-hydrogen) atoms. The minimum Gasteiger partial charge on any atom is -0.477 e. The first-order valence-corrected chi connectivity index (χ1v) is 18.0. The van der Waals surface area contributed by atoms with Gasteiger partial charge in [-0.25, -0.2) is 4.79 Å². The number of quaternary nitrogens is 1. The molecule has 268 valence electrons. The summed E-state index contributed by atoms with van der Waals surface area (Å²) in [4.78, 5) is 36.6. The van der Waals surface area contributed by atoms with Crippen molar-refractivity contribution in [3.8, 4) is 0 Å². The number of carbonyl (C=O) groups is 3. The lowest BCUT2D eigenvalue weighted by atomic mass is 10.1. The van der Waals surface area contributed by atoms with E-state index >= 15 is 0 Å². The number of rotatable bonds is 32. The zero-order valence-corrected chi connectivity index (χ0v) is 30.0. The van der Waals surface area contributed by atoms with Crippen LogP contribution in [0.1, 0.15) is 136 Å². The Balaban J connectivity index is 4.57. The lowest BCUT2D eigenvalue weighted by Gasteiger charge is -2.25. The number of aliphatic carboxylic acids is 1. The van der Waals surface area contributed by atoms with Crippen molar-refractivity contribution < 1.29 is 42.9 Å². The topological polar surface area (TPSA) is 108 Å². The Morgan fingerprint density at radius 3 is 1.78 bits per heavy atom. The fourth-order valence-corrected chi connectivity index (χ4v) is 4.56. The van der Waals surface area contributed by atoms with E-state index in [1.54, 1.807) is 0 Å². The average molecular weight is 655 g/mol. The summed E-state index contributed by atoms with van der Waals surface area (Å²) in [5, 5.41) is 9.54. The maximum absolute atomic E-state index is 12.6. The first-order chi connectivity index (χ1) is 22.1. The number of esters is 2. The molecular formula is C37H68NO8+. The van der Waals surface area contributed by atoms with Crippen molar-refractivity contribution in [2.75, 3.05) is 47.5 Å². The highest BCUT2D eigenvalue weighted by atomic mass is 16.7. The fraction of sp³-hybridized carbons (Fsp3) is 0.811. The number of hydrogen-bond acceptors (Lipinski definition) is 7. The van der Waals surface area contributed by atoms with Gasteiger partial charge in [0.15, 0.2) is 6.10 Å². The quantitative estimate of drug-likeness (QED) is 0.0255. The summed E-state index contributed by atoms with van der Waals surface area (Å²) < 4.78 is 22.5. The van der Waals surface area contributed by atoms with Gasteiger partial charge in [0.25, 0.3) is 6.29 Å². The number of carboxylic acid groups (broad SMARTS) is 1. The van der Waals surface area contributed by atoms with Gasteiger partial charge in [0.2, 0.25) is 0 Å². The van der Waals surface area contributed by atoms with E-state index in [-0.39, 0.29) is 32.2 Å². The fourth-order valence-electron chi connectivity index (χ4n) is 4.56. The molecular weight excluding hydrogens is 586 g/mol. The van der Waals surface area contributed by atoms with E-state index in [0.717, 1.165) is 64.2 Å². The number of ether oxygens (including phenoxy) is 4. The highest BCUT2D eigenvalue weighted by Gasteiger charge is 2.25. The van der Waals surface area contributed by atoms with E-state index in [2.05, 4.69) is 38.2 Å². The van der Waals surface area contributed by atoms with Gasteiger partial charge in [-0.3, -0.25) is 9.59 Å². The van der Waals surface area contributed by atoms with Crippen molar-refractivity contribution in [1.29, 1.82) is 0 Å². The second-order valence-corrected chi connectivity index (χ2v) is 13.2. The van der Waals surface area contributed by atoms with Crippen LogP contribution in [0, 0.1) is 0 Å². The van der Waals surface area contributed by atoms with Gasteiger partial charge in [-0.2, -0.15) is 0 Å². The van der Waals surface area contributed by atoms with Crippen LogP contribution in [0.25, 0.3) is 0 Å². The summed E-state index contributed by atoms with van der Waals surface area (Å²) in [6, 6.07) is 0. The first-order valence-electron chi connectivity index (χ1n) is 18.0. The standard InChI is InChI=1S/C37H67NO8/c1-6-8-10-12-14-15-16-17-18-19-20-22-24-26-28-35(40)46-33(31-44-34(39)27-25-23-21-13-11-9-7-2)32-45-37(36(41)42)43-30-29-38(3,4)5/h12,14,16-17,33,37H,6-11,13,15,18-32H2,1-5H3/p+1/b14-12-,17-16-. The highest BCUT2D eigenvalue weighted by Crippen LogP contribution is 2.12. The Kier molecular flexibility index (Phi) is 28.7. The van der Waals surface area contributed by atoms with Crippen LogP contribution in [0.3, 0.4) is 0 Å². The zero-order valence-electron chi connectivity index (χ0n) is 30.0. The van der Waals surface area contributed by atoms with Gasteiger partial charge in [0.05, 0.1) is 34.4 Å². The van der Waals surface area contributed by atoms with E-state index in [4.69, 9.17) is 18.9 Å². The lowest BCUT2D eigenvalue weighted by Crippen LogP contribution is -2.40. The Labute approximate surface area is 280 Å². The highest BCUT2D eigenvalue weighted by molar-refractivity contribution is 5.71. The number of carboxylic acids is 1. The van der Waals surface area contributed by atoms with Crippen molar-refractivity contribution in [1.82, 2.24) is 0 Å². The maximum atomic E-state index is 12.6. The van der Waals surface area contributed by atoms with Crippen LogP contribution in [0.15, 0.2) is 24.3 Å². The SMILES string of the molecule is CCCC/C=C\C/C=C\CCCCCCCC(=O)OC(COC(=O)CCCCCCCCC)COC(OCC[N+](C)(C)C)C(=O)O. The molecule has 0 aromatic rings. The molecule has 0 heterocycles. The number of allylic oxidation sites excluding steroid dienone is 4. The van der Waals surface area contributed by atoms with Crippen molar-refractivity contribution in [2.45, 2.75) is 148 Å². The number of carbonyl (C=O) groups excluding carboxylic acids is 2. The third-order valence-electron chi connectivity index (χ3n) is 7.46. The van der Waals surface area contributed by atoms with Crippen LogP contribution in [-0.4, -0.2) is 87.4 Å². The van der Waals surface area contributed by atoms with Crippen molar-refractivity contribution in [2.24, 2.45) is 0 Å². The average Bonchev–Trinajstić information content (AvgIpc) is 3.00. The van der Waals surface area contributed by atoms with Crippen LogP contribution in [-0.2, 0) is 33.3 Å². The predicted octanol–water partition coefficient (Wildman–Crippen LogP) is 8.16. The zero-order chi connectivity index (χ0) is 34.3.